The Balaban J connectivity index is 1.81. The number of anilines is 1. The molecular formula is C22H21ClF3N7O2S. The second-order valence-corrected chi connectivity index (χ2v) is 9.24. The molecule has 0 saturated carbocycles. The molecule has 190 valence electrons. The number of aromatic nitrogens is 3. The van der Waals surface area contributed by atoms with Gasteiger partial charge in [-0.05, 0) is 29.5 Å². The van der Waals surface area contributed by atoms with Gasteiger partial charge in [0, 0.05) is 30.6 Å². The quantitative estimate of drug-likeness (QED) is 0.280. The van der Waals surface area contributed by atoms with E-state index in [9.17, 15) is 22.8 Å². The van der Waals surface area contributed by atoms with Crippen LogP contribution in [0.2, 0.25) is 0 Å². The van der Waals surface area contributed by atoms with E-state index in [4.69, 9.17) is 17.4 Å². The smallest absolute Gasteiger partial charge is 0.355 e. The average Bonchev–Trinajstić information content (AvgIpc) is 3.32. The molecule has 0 amide bonds. The molecule has 4 rings (SSSR count). The molecule has 4 N–H and O–H groups in total. The predicted molar refractivity (Wildman–Crippen MR) is 132 cm³/mol. The summed E-state index contributed by atoms with van der Waals surface area (Å²) in [5, 5.41) is 9.27. The van der Waals surface area contributed by atoms with E-state index in [-0.39, 0.29) is 23.1 Å². The van der Waals surface area contributed by atoms with E-state index in [0.29, 0.717) is 35.8 Å². The van der Waals surface area contributed by atoms with Crippen LogP contribution in [-0.2, 0) is 13.1 Å². The molecule has 1 aliphatic carbocycles. The van der Waals surface area contributed by atoms with Crippen molar-refractivity contribution in [3.8, 4) is 0 Å². The van der Waals surface area contributed by atoms with Gasteiger partial charge in [-0.1, -0.05) is 17.7 Å². The number of nitrogens with two attached hydrogens (primary N) is 1. The van der Waals surface area contributed by atoms with Crippen molar-refractivity contribution in [2.75, 3.05) is 18.2 Å². The molecule has 2 heterocycles. The summed E-state index contributed by atoms with van der Waals surface area (Å²) < 4.78 is 43.6. The summed E-state index contributed by atoms with van der Waals surface area (Å²) in [6.07, 6.45) is 5.47. The number of rotatable bonds is 7. The molecule has 2 aromatic rings. The van der Waals surface area contributed by atoms with E-state index in [1.807, 2.05) is 0 Å². The molecule has 0 bridgehead atoms. The van der Waals surface area contributed by atoms with Crippen molar-refractivity contribution in [3.63, 3.8) is 0 Å². The Morgan fingerprint density at radius 3 is 2.67 bits per heavy atom. The van der Waals surface area contributed by atoms with E-state index >= 15 is 0 Å². The zero-order chi connectivity index (χ0) is 26.0. The normalized spacial score (nSPS) is 16.4. The molecule has 1 aromatic carbocycles. The van der Waals surface area contributed by atoms with Crippen LogP contribution in [0.15, 0.2) is 67.5 Å². The zero-order valence-electron chi connectivity index (χ0n) is 18.9. The van der Waals surface area contributed by atoms with Crippen molar-refractivity contribution < 1.29 is 13.2 Å². The van der Waals surface area contributed by atoms with Gasteiger partial charge in [0.2, 0.25) is 5.95 Å². The van der Waals surface area contributed by atoms with Crippen LogP contribution >= 0.6 is 23.4 Å². The summed E-state index contributed by atoms with van der Waals surface area (Å²) >= 11 is 7.78. The van der Waals surface area contributed by atoms with E-state index < -0.39 is 35.4 Å². The summed E-state index contributed by atoms with van der Waals surface area (Å²) in [7, 11) is 1.64. The van der Waals surface area contributed by atoms with Gasteiger partial charge in [0.25, 0.3) is 0 Å². The molecule has 0 spiro atoms. The Kier molecular flexibility index (Phi) is 7.62. The molecule has 0 saturated heterocycles. The van der Waals surface area contributed by atoms with Crippen molar-refractivity contribution in [1.29, 1.82) is 0 Å². The average molecular weight is 540 g/mol. The highest BCUT2D eigenvalue weighted by molar-refractivity contribution is 8.02. The minimum Gasteiger partial charge on any atom is -0.377 e. The molecule has 36 heavy (non-hydrogen) atoms. The largest absolute Gasteiger partial charge is 0.377 e. The van der Waals surface area contributed by atoms with Crippen LogP contribution in [0, 0.1) is 17.5 Å². The SMILES string of the molecule is CN(N)/C=C1/C=C(Nc2nc(=O)n(CC3=CSCN3)c(=O)n2Cc2cc(F)c(F)cc2F)C(Cl)=CC1. The number of hydrogen-bond acceptors (Lipinski definition) is 8. The summed E-state index contributed by atoms with van der Waals surface area (Å²) in [5.41, 5.74) is -0.333. The van der Waals surface area contributed by atoms with E-state index in [0.717, 1.165) is 14.7 Å². The van der Waals surface area contributed by atoms with E-state index in [1.165, 1.54) is 16.8 Å². The first-order valence-corrected chi connectivity index (χ1v) is 12.0. The van der Waals surface area contributed by atoms with Gasteiger partial charge in [0.1, 0.15) is 5.82 Å². The van der Waals surface area contributed by atoms with Crippen molar-refractivity contribution >= 4 is 29.3 Å². The predicted octanol–water partition coefficient (Wildman–Crippen LogP) is 2.52. The Hall–Kier alpha value is -3.42. The van der Waals surface area contributed by atoms with E-state index in [1.54, 1.807) is 30.8 Å². The van der Waals surface area contributed by atoms with Gasteiger partial charge in [0.15, 0.2) is 11.6 Å². The third-order valence-corrected chi connectivity index (χ3v) is 6.34. The first-order valence-electron chi connectivity index (χ1n) is 10.5. The van der Waals surface area contributed by atoms with Crippen LogP contribution < -0.4 is 27.9 Å². The first-order chi connectivity index (χ1) is 17.1. The van der Waals surface area contributed by atoms with E-state index in [2.05, 4.69) is 15.6 Å². The second-order valence-electron chi connectivity index (χ2n) is 7.97. The molecular weight excluding hydrogens is 519 g/mol. The minimum atomic E-state index is -1.37. The number of thioether (sulfide) groups is 1. The molecule has 0 radical (unpaired) electrons. The number of benzene rings is 1. The molecule has 1 aromatic heterocycles. The monoisotopic (exact) mass is 539 g/mol. The van der Waals surface area contributed by atoms with Crippen molar-refractivity contribution in [2.24, 2.45) is 5.84 Å². The lowest BCUT2D eigenvalue weighted by atomic mass is 10.1. The number of hydrogen-bond donors (Lipinski definition) is 3. The summed E-state index contributed by atoms with van der Waals surface area (Å²) in [5.74, 6) is 2.29. The fourth-order valence-corrected chi connectivity index (χ4v) is 4.43. The molecule has 0 atom stereocenters. The van der Waals surface area contributed by atoms with Gasteiger partial charge in [-0.2, -0.15) is 4.98 Å². The van der Waals surface area contributed by atoms with Gasteiger partial charge < -0.3 is 15.6 Å². The Morgan fingerprint density at radius 2 is 1.97 bits per heavy atom. The Bertz CT molecular complexity index is 1450. The number of halogens is 4. The van der Waals surface area contributed by atoms with Crippen molar-refractivity contribution in [1.82, 2.24) is 24.4 Å². The van der Waals surface area contributed by atoms with Crippen LogP contribution in [-0.4, -0.2) is 32.1 Å². The van der Waals surface area contributed by atoms with Gasteiger partial charge in [-0.25, -0.2) is 33.2 Å². The van der Waals surface area contributed by atoms with Crippen LogP contribution in [0.25, 0.3) is 0 Å². The third kappa shape index (κ3) is 5.69. The first kappa shape index (κ1) is 25.7. The number of hydrazine groups is 1. The topological polar surface area (TPSA) is 110 Å². The van der Waals surface area contributed by atoms with Crippen LogP contribution in [0.1, 0.15) is 12.0 Å². The number of nitrogens with zero attached hydrogens (tertiary/aromatic N) is 4. The fraction of sp³-hybridized carbons (Fsp3) is 0.227. The highest BCUT2D eigenvalue weighted by atomic mass is 35.5. The molecule has 0 unspecified atom stereocenters. The fourth-order valence-electron chi connectivity index (χ4n) is 3.54. The Labute approximate surface area is 212 Å². The molecule has 1 aliphatic heterocycles. The van der Waals surface area contributed by atoms with Gasteiger partial charge in [-0.3, -0.25) is 4.57 Å². The van der Waals surface area contributed by atoms with Crippen molar-refractivity contribution in [3.05, 3.63) is 102 Å². The highest BCUT2D eigenvalue weighted by Gasteiger charge is 2.20. The summed E-state index contributed by atoms with van der Waals surface area (Å²) in [4.78, 5) is 30.2. The van der Waals surface area contributed by atoms with Gasteiger partial charge >= 0.3 is 11.4 Å². The number of nitrogens with one attached hydrogen (secondary N) is 2. The third-order valence-electron chi connectivity index (χ3n) is 5.22. The summed E-state index contributed by atoms with van der Waals surface area (Å²) in [6, 6.07) is 1.04. The maximum Gasteiger partial charge on any atom is 0.355 e. The lowest BCUT2D eigenvalue weighted by molar-refractivity contribution is 0.481. The molecule has 0 fully saturated rings. The van der Waals surface area contributed by atoms with Crippen LogP contribution in [0.4, 0.5) is 19.1 Å². The lowest BCUT2D eigenvalue weighted by Crippen LogP contribution is -2.44. The highest BCUT2D eigenvalue weighted by Crippen LogP contribution is 2.26. The Morgan fingerprint density at radius 1 is 1.22 bits per heavy atom. The van der Waals surface area contributed by atoms with Crippen molar-refractivity contribution in [2.45, 2.75) is 19.5 Å². The van der Waals surface area contributed by atoms with Gasteiger partial charge in [0.05, 0.1) is 29.7 Å². The molecule has 9 nitrogen and oxygen atoms in total. The van der Waals surface area contributed by atoms with Gasteiger partial charge in [-0.15, -0.1) is 11.8 Å². The lowest BCUT2D eigenvalue weighted by Gasteiger charge is -2.20. The summed E-state index contributed by atoms with van der Waals surface area (Å²) in [6.45, 7) is -0.640. The standard InChI is InChI=1S/C22H21ClF3N7O2S/c1-31(27)7-12-2-3-15(23)19(4-12)29-20-30-21(34)33(9-14-10-36-11-28-14)22(35)32(20)8-13-5-17(25)18(26)6-16(13)24/h3-7,10,28H,2,8-9,11,27H2,1H3,(H,29,30,34)/b12-7+. The maximum atomic E-state index is 14.5. The minimum absolute atomic E-state index is 0.0999. The maximum absolute atomic E-state index is 14.5. The molecule has 14 heteroatoms. The molecule has 2 aliphatic rings. The second kappa shape index (κ2) is 10.7. The zero-order valence-corrected chi connectivity index (χ0v) is 20.5. The van der Waals surface area contributed by atoms with Crippen LogP contribution in [0.3, 0.4) is 0 Å². The number of allylic oxidation sites excluding steroid dienone is 5. The van der Waals surface area contributed by atoms with Crippen LogP contribution in [0.5, 0.6) is 0 Å².